The molecule has 1 unspecified atom stereocenters. The predicted octanol–water partition coefficient (Wildman–Crippen LogP) is 1.76. The van der Waals surface area contributed by atoms with Gasteiger partial charge in [-0.3, -0.25) is 14.9 Å². The highest BCUT2D eigenvalue weighted by Crippen LogP contribution is 2.33. The molecule has 17 heavy (non-hydrogen) atoms. The largest absolute Gasteiger partial charge is 0.464 e. The first-order valence-corrected chi connectivity index (χ1v) is 5.86. The Morgan fingerprint density at radius 1 is 1.29 bits per heavy atom. The number of carbonyl (C=O) groups is 2. The molecule has 2 heterocycles. The number of piperidine rings is 1. The molecule has 0 spiro atoms. The minimum atomic E-state index is -0.230. The minimum absolute atomic E-state index is 0.177. The van der Waals surface area contributed by atoms with Crippen LogP contribution in [0.25, 0.3) is 6.08 Å². The summed E-state index contributed by atoms with van der Waals surface area (Å²) in [4.78, 5) is 22.9. The number of amides is 2. The van der Waals surface area contributed by atoms with E-state index >= 15 is 0 Å². The van der Waals surface area contributed by atoms with Crippen LogP contribution in [0.4, 0.5) is 0 Å². The van der Waals surface area contributed by atoms with Crippen LogP contribution in [0.2, 0.25) is 0 Å². The summed E-state index contributed by atoms with van der Waals surface area (Å²) in [6.45, 7) is 0. The Morgan fingerprint density at radius 3 is 3.00 bits per heavy atom. The molecule has 3 rings (SSSR count). The molecule has 2 amide bonds. The zero-order chi connectivity index (χ0) is 11.8. The van der Waals surface area contributed by atoms with E-state index in [4.69, 9.17) is 4.42 Å². The van der Waals surface area contributed by atoms with Crippen molar-refractivity contribution in [1.29, 1.82) is 0 Å². The number of nitrogens with one attached hydrogen (secondary N) is 1. The number of hydrogen-bond acceptors (Lipinski definition) is 3. The zero-order valence-corrected chi connectivity index (χ0v) is 9.36. The lowest BCUT2D eigenvalue weighted by atomic mass is 9.87. The molecular weight excluding hydrogens is 218 g/mol. The standard InChI is InChI=1S/C13H13NO3/c15-12-6-5-9(13(16)14-12)10-7-17-11-4-2-1-3-8(10)11/h2,4,7,9H,1,3,5-6H2,(H,14,15,16). The topological polar surface area (TPSA) is 59.3 Å². The third-order valence-electron chi connectivity index (χ3n) is 3.40. The van der Waals surface area contributed by atoms with E-state index in [0.29, 0.717) is 12.8 Å². The smallest absolute Gasteiger partial charge is 0.234 e. The summed E-state index contributed by atoms with van der Waals surface area (Å²) in [5, 5.41) is 2.39. The molecule has 0 saturated carbocycles. The van der Waals surface area contributed by atoms with Crippen molar-refractivity contribution in [3.8, 4) is 0 Å². The number of carbonyl (C=O) groups excluding carboxylic acids is 2. The third kappa shape index (κ3) is 1.69. The SMILES string of the molecule is O=C1CCC(c2coc3c2CCC=C3)C(=O)N1. The van der Waals surface area contributed by atoms with Gasteiger partial charge in [-0.1, -0.05) is 6.08 Å². The van der Waals surface area contributed by atoms with Crippen molar-refractivity contribution in [2.24, 2.45) is 0 Å². The lowest BCUT2D eigenvalue weighted by Gasteiger charge is -2.21. The summed E-state index contributed by atoms with van der Waals surface area (Å²) in [5.41, 5.74) is 2.08. The van der Waals surface area contributed by atoms with Gasteiger partial charge in [0.05, 0.1) is 12.2 Å². The van der Waals surface area contributed by atoms with Crippen molar-refractivity contribution in [2.45, 2.75) is 31.6 Å². The normalized spacial score (nSPS) is 23.4. The van der Waals surface area contributed by atoms with Crippen LogP contribution in [0, 0.1) is 0 Å². The average molecular weight is 231 g/mol. The maximum absolute atomic E-state index is 11.8. The van der Waals surface area contributed by atoms with E-state index in [0.717, 1.165) is 29.7 Å². The number of fused-ring (bicyclic) bond motifs is 1. The summed E-state index contributed by atoms with van der Waals surface area (Å²) in [6, 6.07) is 0. The number of furan rings is 1. The van der Waals surface area contributed by atoms with Crippen LogP contribution < -0.4 is 5.32 Å². The molecule has 1 aromatic heterocycles. The Morgan fingerprint density at radius 2 is 2.18 bits per heavy atom. The van der Waals surface area contributed by atoms with Gasteiger partial charge in [0.1, 0.15) is 5.76 Å². The van der Waals surface area contributed by atoms with Gasteiger partial charge in [0.15, 0.2) is 0 Å². The molecule has 1 saturated heterocycles. The monoisotopic (exact) mass is 231 g/mol. The van der Waals surface area contributed by atoms with Crippen molar-refractivity contribution in [3.05, 3.63) is 29.2 Å². The summed E-state index contributed by atoms with van der Waals surface area (Å²) in [5.74, 6) is 0.255. The van der Waals surface area contributed by atoms with E-state index < -0.39 is 0 Å². The molecule has 1 aliphatic carbocycles. The number of hydrogen-bond donors (Lipinski definition) is 1. The van der Waals surface area contributed by atoms with Crippen molar-refractivity contribution in [3.63, 3.8) is 0 Å². The lowest BCUT2D eigenvalue weighted by molar-refractivity contribution is -0.134. The molecule has 1 aliphatic heterocycles. The van der Waals surface area contributed by atoms with E-state index in [2.05, 4.69) is 11.4 Å². The van der Waals surface area contributed by atoms with E-state index in [1.807, 2.05) is 6.08 Å². The Kier molecular flexibility index (Phi) is 2.35. The lowest BCUT2D eigenvalue weighted by Crippen LogP contribution is -2.39. The number of rotatable bonds is 1. The Labute approximate surface area is 98.7 Å². The van der Waals surface area contributed by atoms with Crippen molar-refractivity contribution < 1.29 is 14.0 Å². The fraction of sp³-hybridized carbons (Fsp3) is 0.385. The van der Waals surface area contributed by atoms with E-state index in [9.17, 15) is 9.59 Å². The predicted molar refractivity (Wildman–Crippen MR) is 61.2 cm³/mol. The van der Waals surface area contributed by atoms with Crippen LogP contribution in [0.1, 0.15) is 42.1 Å². The van der Waals surface area contributed by atoms with Crippen molar-refractivity contribution in [2.75, 3.05) is 0 Å². The van der Waals surface area contributed by atoms with E-state index in [-0.39, 0.29) is 17.7 Å². The van der Waals surface area contributed by atoms with Crippen LogP contribution in [0.3, 0.4) is 0 Å². The maximum Gasteiger partial charge on any atom is 0.234 e. The van der Waals surface area contributed by atoms with Crippen LogP contribution in [0.15, 0.2) is 16.8 Å². The minimum Gasteiger partial charge on any atom is -0.464 e. The van der Waals surface area contributed by atoms with Gasteiger partial charge >= 0.3 is 0 Å². The fourth-order valence-electron chi connectivity index (χ4n) is 2.52. The Bertz CT molecular complexity index is 513. The van der Waals surface area contributed by atoms with Gasteiger partial charge < -0.3 is 4.42 Å². The van der Waals surface area contributed by atoms with Gasteiger partial charge in [0.25, 0.3) is 0 Å². The molecule has 0 radical (unpaired) electrons. The summed E-state index contributed by atoms with van der Waals surface area (Å²) in [7, 11) is 0. The molecule has 4 nitrogen and oxygen atoms in total. The second-order valence-corrected chi connectivity index (χ2v) is 4.48. The fourth-order valence-corrected chi connectivity index (χ4v) is 2.52. The summed E-state index contributed by atoms with van der Waals surface area (Å²) < 4.78 is 5.46. The van der Waals surface area contributed by atoms with Gasteiger partial charge in [0.2, 0.25) is 11.8 Å². The molecule has 2 aliphatic rings. The molecule has 0 aromatic carbocycles. The first-order valence-electron chi connectivity index (χ1n) is 5.86. The van der Waals surface area contributed by atoms with Gasteiger partial charge in [-0.05, 0) is 25.3 Å². The van der Waals surface area contributed by atoms with Gasteiger partial charge in [0, 0.05) is 17.5 Å². The maximum atomic E-state index is 11.8. The van der Waals surface area contributed by atoms with Gasteiger partial charge in [-0.15, -0.1) is 0 Å². The van der Waals surface area contributed by atoms with Gasteiger partial charge in [-0.25, -0.2) is 0 Å². The highest BCUT2D eigenvalue weighted by Gasteiger charge is 2.31. The number of allylic oxidation sites excluding steroid dienone is 1. The Hall–Kier alpha value is -1.84. The zero-order valence-electron chi connectivity index (χ0n) is 9.36. The second kappa shape index (κ2) is 3.87. The van der Waals surface area contributed by atoms with E-state index in [1.54, 1.807) is 6.26 Å². The molecule has 1 atom stereocenters. The third-order valence-corrected chi connectivity index (χ3v) is 3.40. The van der Waals surface area contributed by atoms with E-state index in [1.165, 1.54) is 0 Å². The highest BCUT2D eigenvalue weighted by atomic mass is 16.3. The molecule has 1 aromatic rings. The molecule has 88 valence electrons. The average Bonchev–Trinajstić information content (AvgIpc) is 2.73. The molecule has 1 N–H and O–H groups in total. The highest BCUT2D eigenvalue weighted by molar-refractivity contribution is 6.01. The first-order chi connectivity index (χ1) is 8.25. The van der Waals surface area contributed by atoms with Crippen LogP contribution in [-0.2, 0) is 16.0 Å². The van der Waals surface area contributed by atoms with Gasteiger partial charge in [-0.2, -0.15) is 0 Å². The first kappa shape index (κ1) is 10.3. The van der Waals surface area contributed by atoms with Crippen LogP contribution in [0.5, 0.6) is 0 Å². The molecule has 0 bridgehead atoms. The molecular formula is C13H13NO3. The molecule has 1 fully saturated rings. The summed E-state index contributed by atoms with van der Waals surface area (Å²) >= 11 is 0. The number of imide groups is 1. The molecule has 4 heteroatoms. The quantitative estimate of drug-likeness (QED) is 0.749. The van der Waals surface area contributed by atoms with Crippen LogP contribution in [-0.4, -0.2) is 11.8 Å². The van der Waals surface area contributed by atoms with Crippen LogP contribution >= 0.6 is 0 Å². The van der Waals surface area contributed by atoms with Crippen molar-refractivity contribution >= 4 is 17.9 Å². The summed E-state index contributed by atoms with van der Waals surface area (Å²) in [6.07, 6.45) is 8.57. The Balaban J connectivity index is 1.94. The second-order valence-electron chi connectivity index (χ2n) is 4.48. The van der Waals surface area contributed by atoms with Crippen molar-refractivity contribution in [1.82, 2.24) is 5.32 Å².